The van der Waals surface area contributed by atoms with Crippen LogP contribution in [0.3, 0.4) is 0 Å². The van der Waals surface area contributed by atoms with Gasteiger partial charge >= 0.3 is 12.0 Å². The molecule has 1 aromatic rings. The predicted octanol–water partition coefficient (Wildman–Crippen LogP) is 2.46. The highest BCUT2D eigenvalue weighted by atomic mass is 19.1. The summed E-state index contributed by atoms with van der Waals surface area (Å²) in [4.78, 5) is 22.3. The molecule has 0 aromatic heterocycles. The van der Waals surface area contributed by atoms with Gasteiger partial charge < -0.3 is 20.5 Å². The molecule has 1 rings (SSSR count). The van der Waals surface area contributed by atoms with Crippen LogP contribution >= 0.6 is 0 Å². The summed E-state index contributed by atoms with van der Waals surface area (Å²) >= 11 is 0. The minimum Gasteiger partial charge on any atom is -0.494 e. The summed E-state index contributed by atoms with van der Waals surface area (Å²) in [5, 5.41) is 13.8. The minimum atomic E-state index is -0.902. The van der Waals surface area contributed by atoms with Crippen LogP contribution in [-0.2, 0) is 4.79 Å². The third kappa shape index (κ3) is 5.68. The van der Waals surface area contributed by atoms with Crippen LogP contribution in [0.4, 0.5) is 14.9 Å². The maximum atomic E-state index is 13.5. The molecule has 0 aliphatic rings. The van der Waals surface area contributed by atoms with Gasteiger partial charge in [-0.1, -0.05) is 13.3 Å². The second kappa shape index (κ2) is 8.08. The minimum absolute atomic E-state index is 0.00601. The number of carbonyl (C=O) groups is 2. The van der Waals surface area contributed by atoms with E-state index in [2.05, 4.69) is 10.6 Å². The maximum Gasteiger partial charge on any atom is 0.319 e. The highest BCUT2D eigenvalue weighted by Crippen LogP contribution is 2.20. The number of benzene rings is 1. The van der Waals surface area contributed by atoms with E-state index >= 15 is 0 Å². The first-order chi connectivity index (χ1) is 9.96. The van der Waals surface area contributed by atoms with E-state index in [-0.39, 0.29) is 30.3 Å². The molecule has 0 bridgehead atoms. The highest BCUT2D eigenvalue weighted by Gasteiger charge is 2.13. The quantitative estimate of drug-likeness (QED) is 0.721. The summed E-state index contributed by atoms with van der Waals surface area (Å²) in [7, 11) is 1.35. The first-order valence-electron chi connectivity index (χ1n) is 6.56. The molecule has 7 heteroatoms. The van der Waals surface area contributed by atoms with Gasteiger partial charge in [0, 0.05) is 24.7 Å². The number of aliphatic carboxylic acids is 1. The van der Waals surface area contributed by atoms with Crippen LogP contribution in [0.2, 0.25) is 0 Å². The van der Waals surface area contributed by atoms with Crippen molar-refractivity contribution < 1.29 is 23.8 Å². The van der Waals surface area contributed by atoms with Crippen molar-refractivity contribution in [1.29, 1.82) is 0 Å². The van der Waals surface area contributed by atoms with E-state index in [4.69, 9.17) is 9.84 Å². The van der Waals surface area contributed by atoms with Crippen LogP contribution in [0, 0.1) is 11.7 Å². The Balaban J connectivity index is 2.50. The van der Waals surface area contributed by atoms with Crippen molar-refractivity contribution in [1.82, 2.24) is 5.32 Å². The van der Waals surface area contributed by atoms with Crippen LogP contribution in [0.15, 0.2) is 18.2 Å². The zero-order chi connectivity index (χ0) is 15.8. The number of ether oxygens (including phenoxy) is 1. The fourth-order valence-corrected chi connectivity index (χ4v) is 1.76. The van der Waals surface area contributed by atoms with E-state index in [9.17, 15) is 14.0 Å². The van der Waals surface area contributed by atoms with E-state index in [0.717, 1.165) is 6.07 Å². The lowest BCUT2D eigenvalue weighted by Gasteiger charge is -2.14. The van der Waals surface area contributed by atoms with Crippen molar-refractivity contribution in [2.75, 3.05) is 19.0 Å². The lowest BCUT2D eigenvalue weighted by atomic mass is 10.0. The second-order valence-electron chi connectivity index (χ2n) is 4.56. The van der Waals surface area contributed by atoms with Gasteiger partial charge in [0.05, 0.1) is 7.11 Å². The average Bonchev–Trinajstić information content (AvgIpc) is 2.43. The summed E-state index contributed by atoms with van der Waals surface area (Å²) in [6.45, 7) is 2.10. The SMILES string of the molecule is CCC(CNC(=O)Nc1ccc(OC)c(F)c1)CC(=O)O. The topological polar surface area (TPSA) is 87.7 Å². The molecule has 0 aliphatic heterocycles. The zero-order valence-electron chi connectivity index (χ0n) is 12.0. The van der Waals surface area contributed by atoms with Gasteiger partial charge in [-0.2, -0.15) is 0 Å². The Morgan fingerprint density at radius 3 is 2.67 bits per heavy atom. The smallest absolute Gasteiger partial charge is 0.319 e. The first kappa shape index (κ1) is 16.7. The Morgan fingerprint density at radius 2 is 2.14 bits per heavy atom. The number of hydrogen-bond acceptors (Lipinski definition) is 3. The summed E-state index contributed by atoms with van der Waals surface area (Å²) in [5.41, 5.74) is 0.289. The van der Waals surface area contributed by atoms with Gasteiger partial charge in [0.1, 0.15) is 0 Å². The number of amides is 2. The number of urea groups is 1. The molecular formula is C14H19FN2O4. The molecule has 116 valence electrons. The fraction of sp³-hybridized carbons (Fsp3) is 0.429. The molecule has 0 saturated carbocycles. The molecule has 21 heavy (non-hydrogen) atoms. The average molecular weight is 298 g/mol. The van der Waals surface area contributed by atoms with Crippen molar-refractivity contribution in [3.05, 3.63) is 24.0 Å². The van der Waals surface area contributed by atoms with Crippen molar-refractivity contribution in [2.24, 2.45) is 5.92 Å². The van der Waals surface area contributed by atoms with Crippen molar-refractivity contribution >= 4 is 17.7 Å². The highest BCUT2D eigenvalue weighted by molar-refractivity contribution is 5.89. The number of carboxylic acid groups (broad SMARTS) is 1. The molecular weight excluding hydrogens is 279 g/mol. The predicted molar refractivity (Wildman–Crippen MR) is 76.0 cm³/mol. The third-order valence-corrected chi connectivity index (χ3v) is 3.00. The maximum absolute atomic E-state index is 13.5. The molecule has 0 radical (unpaired) electrons. The summed E-state index contributed by atoms with van der Waals surface area (Å²) in [6, 6.07) is 3.55. The zero-order valence-corrected chi connectivity index (χ0v) is 12.0. The number of carboxylic acids is 1. The van der Waals surface area contributed by atoms with Gasteiger partial charge in [-0.15, -0.1) is 0 Å². The summed E-state index contributed by atoms with van der Waals surface area (Å²) in [6.07, 6.45) is 0.637. The molecule has 0 fully saturated rings. The van der Waals surface area contributed by atoms with E-state index in [0.29, 0.717) is 6.42 Å². The first-order valence-corrected chi connectivity index (χ1v) is 6.56. The number of hydrogen-bond donors (Lipinski definition) is 3. The van der Waals surface area contributed by atoms with Crippen molar-refractivity contribution in [3.8, 4) is 5.75 Å². The number of rotatable bonds is 7. The number of methoxy groups -OCH3 is 1. The third-order valence-electron chi connectivity index (χ3n) is 3.00. The van der Waals surface area contributed by atoms with E-state index in [1.54, 1.807) is 0 Å². The molecule has 1 atom stereocenters. The number of carbonyl (C=O) groups excluding carboxylic acids is 1. The molecule has 0 heterocycles. The number of halogens is 1. The molecule has 3 N–H and O–H groups in total. The number of nitrogens with one attached hydrogen (secondary N) is 2. The lowest BCUT2D eigenvalue weighted by Crippen LogP contribution is -2.33. The van der Waals surface area contributed by atoms with Gasteiger partial charge in [-0.3, -0.25) is 4.79 Å². The summed E-state index contributed by atoms with van der Waals surface area (Å²) < 4.78 is 18.2. The second-order valence-corrected chi connectivity index (χ2v) is 4.56. The molecule has 0 spiro atoms. The van der Waals surface area contributed by atoms with Gasteiger partial charge in [-0.25, -0.2) is 9.18 Å². The molecule has 1 aromatic carbocycles. The van der Waals surface area contributed by atoms with Crippen molar-refractivity contribution in [2.45, 2.75) is 19.8 Å². The molecule has 1 unspecified atom stereocenters. The normalized spacial score (nSPS) is 11.6. The van der Waals surface area contributed by atoms with E-state index in [1.165, 1.54) is 19.2 Å². The largest absolute Gasteiger partial charge is 0.494 e. The summed E-state index contributed by atoms with van der Waals surface area (Å²) in [5.74, 6) is -1.52. The van der Waals surface area contributed by atoms with Gasteiger partial charge in [0.2, 0.25) is 0 Å². The Morgan fingerprint density at radius 1 is 1.43 bits per heavy atom. The fourth-order valence-electron chi connectivity index (χ4n) is 1.76. The standard InChI is InChI=1S/C14H19FN2O4/c1-3-9(6-13(18)19)8-16-14(20)17-10-4-5-12(21-2)11(15)7-10/h4-5,7,9H,3,6,8H2,1-2H3,(H,18,19)(H2,16,17,20). The van der Waals surface area contributed by atoms with Crippen LogP contribution in [0.1, 0.15) is 19.8 Å². The van der Waals surface area contributed by atoms with Gasteiger partial charge in [0.15, 0.2) is 11.6 Å². The molecule has 0 aliphatic carbocycles. The molecule has 2 amide bonds. The monoisotopic (exact) mass is 298 g/mol. The Hall–Kier alpha value is -2.31. The molecule has 6 nitrogen and oxygen atoms in total. The Labute approximate surface area is 122 Å². The van der Waals surface area contributed by atoms with Crippen LogP contribution < -0.4 is 15.4 Å². The van der Waals surface area contributed by atoms with Crippen LogP contribution in [0.5, 0.6) is 5.75 Å². The van der Waals surface area contributed by atoms with Crippen LogP contribution in [-0.4, -0.2) is 30.8 Å². The van der Waals surface area contributed by atoms with Crippen LogP contribution in [0.25, 0.3) is 0 Å². The van der Waals surface area contributed by atoms with Crippen molar-refractivity contribution in [3.63, 3.8) is 0 Å². The lowest BCUT2D eigenvalue weighted by molar-refractivity contribution is -0.138. The Kier molecular flexibility index (Phi) is 6.45. The van der Waals surface area contributed by atoms with Gasteiger partial charge in [0.25, 0.3) is 0 Å². The number of anilines is 1. The van der Waals surface area contributed by atoms with E-state index in [1.807, 2.05) is 6.92 Å². The Bertz CT molecular complexity index is 508. The van der Waals surface area contributed by atoms with E-state index < -0.39 is 17.8 Å². The van der Waals surface area contributed by atoms with Gasteiger partial charge in [-0.05, 0) is 18.1 Å². The molecule has 0 saturated heterocycles.